The number of amides is 7. The number of carbonyl (C=O) groups is 12. The Labute approximate surface area is 533 Å². The van der Waals surface area contributed by atoms with Crippen molar-refractivity contribution in [1.29, 1.82) is 0 Å². The normalized spacial score (nSPS) is 15.5. The molecule has 0 unspecified atom stereocenters. The van der Waals surface area contributed by atoms with Gasteiger partial charge in [-0.2, -0.15) is 0 Å². The fourth-order valence-corrected chi connectivity index (χ4v) is 10.7. The number of hydrogen-bond donors (Lipinski definition) is 12. The van der Waals surface area contributed by atoms with Gasteiger partial charge in [0.2, 0.25) is 23.6 Å². The highest BCUT2D eigenvalue weighted by atomic mass is 16.4. The number of carboxylic acid groups (broad SMARTS) is 6. The molecule has 3 aromatic carbocycles. The van der Waals surface area contributed by atoms with E-state index in [1.54, 1.807) is 25.7 Å². The highest BCUT2D eigenvalue weighted by molar-refractivity contribution is 5.94. The Hall–Kier alpha value is -8.84. The second-order valence-corrected chi connectivity index (χ2v) is 23.1. The summed E-state index contributed by atoms with van der Waals surface area (Å²) < 4.78 is 0. The molecule has 2 aliphatic rings. The lowest BCUT2D eigenvalue weighted by Crippen LogP contribution is -2.51. The summed E-state index contributed by atoms with van der Waals surface area (Å²) in [6, 6.07) is 13.8. The van der Waals surface area contributed by atoms with E-state index < -0.39 is 84.6 Å². The minimum absolute atomic E-state index is 0.0135. The SMILES string of the molecule is CN(CCNC(=O)CN1CCN(CC(=O)O)CCN(CC(=O)O)CCN(CC(=O)O)CC1)CCNC(=O)c1ccc2c(c1)CCN(C(=O)CCCCC(=O)N[C@@H](Cc1ccc3ccccc3c1)C(=O)NCCCC[C@H](NC(=O)N[C@@H](CCC(=O)O)C(=O)O)C(=O)O)C2. The van der Waals surface area contributed by atoms with E-state index in [2.05, 4.69) is 31.9 Å². The number of unbranched alkanes of at least 4 members (excludes halogenated alkanes) is 2. The Morgan fingerprint density at radius 1 is 0.489 bits per heavy atom. The van der Waals surface area contributed by atoms with Crippen LogP contribution < -0.4 is 31.9 Å². The fourth-order valence-electron chi connectivity index (χ4n) is 10.7. The van der Waals surface area contributed by atoms with Crippen LogP contribution in [0.25, 0.3) is 10.8 Å². The highest BCUT2D eigenvalue weighted by Crippen LogP contribution is 2.22. The predicted molar refractivity (Wildman–Crippen MR) is 333 cm³/mol. The highest BCUT2D eigenvalue weighted by Gasteiger charge is 2.28. The van der Waals surface area contributed by atoms with Gasteiger partial charge in [0.25, 0.3) is 5.91 Å². The maximum atomic E-state index is 13.6. The molecule has 30 heteroatoms. The molecule has 92 heavy (non-hydrogen) atoms. The number of fused-ring (bicyclic) bond motifs is 2. The summed E-state index contributed by atoms with van der Waals surface area (Å²) in [6.07, 6.45) is 1.18. The van der Waals surface area contributed by atoms with Crippen LogP contribution in [0.1, 0.15) is 84.8 Å². The van der Waals surface area contributed by atoms with Crippen LogP contribution in [0.4, 0.5) is 4.79 Å². The molecule has 0 aromatic heterocycles. The Morgan fingerprint density at radius 3 is 1.62 bits per heavy atom. The van der Waals surface area contributed by atoms with Gasteiger partial charge in [-0.3, -0.25) is 62.8 Å². The maximum Gasteiger partial charge on any atom is 0.326 e. The second kappa shape index (κ2) is 38.8. The lowest BCUT2D eigenvalue weighted by atomic mass is 9.96. The molecule has 0 spiro atoms. The van der Waals surface area contributed by atoms with Crippen molar-refractivity contribution in [3.8, 4) is 0 Å². The Balaban J connectivity index is 1.01. The molecule has 0 aliphatic carbocycles. The number of nitrogens with zero attached hydrogens (tertiary/aromatic N) is 6. The first kappa shape index (κ1) is 73.9. The molecule has 504 valence electrons. The van der Waals surface area contributed by atoms with Gasteiger partial charge >= 0.3 is 41.8 Å². The van der Waals surface area contributed by atoms with Crippen molar-refractivity contribution in [2.45, 2.75) is 95.3 Å². The standard InChI is InChI=1S/C62H88N12O18/c1-69(24-21-63-52(76)38-70-26-28-71(39-55(80)81)30-32-73(41-57(84)85)33-31-72(29-27-70)40-56(82)83)25-22-65-58(86)46-15-16-47-37-74(23-19-45(47)36-46)53(77)12-5-4-11-51(75)66-50(35-42-13-14-43-8-2-3-9-44(43)34-42)59(87)64-20-7-6-10-48(60(88)89)67-62(92)68-49(61(90)91)17-18-54(78)79/h2-3,8-9,13-16,34,36,48-50H,4-7,10-12,17-33,35,37-41H2,1H3,(H,63,76)(H,64,87)(H,65,86)(H,66,75)(H,78,79)(H,80,81)(H,82,83)(H,84,85)(H,88,89)(H,90,91)(H2,67,68,92)/t48-,49-,50-/m0/s1. The van der Waals surface area contributed by atoms with E-state index in [1.165, 1.54) is 0 Å². The molecule has 2 aliphatic heterocycles. The van der Waals surface area contributed by atoms with Gasteiger partial charge in [0.1, 0.15) is 18.1 Å². The minimum atomic E-state index is -1.55. The smallest absolute Gasteiger partial charge is 0.326 e. The van der Waals surface area contributed by atoms with Gasteiger partial charge < -0.3 is 72.3 Å². The average molecular weight is 1290 g/mol. The maximum absolute atomic E-state index is 13.6. The van der Waals surface area contributed by atoms with E-state index >= 15 is 0 Å². The summed E-state index contributed by atoms with van der Waals surface area (Å²) in [7, 11) is 1.85. The number of nitrogens with one attached hydrogen (secondary N) is 6. The summed E-state index contributed by atoms with van der Waals surface area (Å²) in [5, 5.41) is 74.1. The Morgan fingerprint density at radius 2 is 1.04 bits per heavy atom. The predicted octanol–water partition coefficient (Wildman–Crippen LogP) is -0.378. The number of aliphatic carboxylic acids is 6. The molecule has 0 radical (unpaired) electrons. The Kier molecular flexibility index (Phi) is 31.1. The topological polar surface area (TPSA) is 418 Å². The summed E-state index contributed by atoms with van der Waals surface area (Å²) in [5.74, 6) is -8.76. The van der Waals surface area contributed by atoms with Gasteiger partial charge in [-0.25, -0.2) is 14.4 Å². The van der Waals surface area contributed by atoms with E-state index in [0.717, 1.165) is 27.5 Å². The summed E-state index contributed by atoms with van der Waals surface area (Å²) >= 11 is 0. The van der Waals surface area contributed by atoms with Crippen molar-refractivity contribution in [3.05, 3.63) is 82.9 Å². The van der Waals surface area contributed by atoms with Crippen LogP contribution in [0, 0.1) is 0 Å². The number of carbonyl (C=O) groups excluding carboxylic acids is 6. The number of urea groups is 1. The van der Waals surface area contributed by atoms with Crippen LogP contribution >= 0.6 is 0 Å². The number of benzene rings is 3. The van der Waals surface area contributed by atoms with Crippen LogP contribution in [-0.2, 0) is 67.3 Å². The summed E-state index contributed by atoms with van der Waals surface area (Å²) in [4.78, 5) is 159. The zero-order valence-electron chi connectivity index (χ0n) is 52.0. The van der Waals surface area contributed by atoms with Crippen molar-refractivity contribution in [2.75, 3.05) is 125 Å². The molecule has 1 saturated heterocycles. The number of carboxylic acids is 6. The number of hydrogen-bond acceptors (Lipinski definition) is 17. The van der Waals surface area contributed by atoms with Crippen LogP contribution in [0.5, 0.6) is 0 Å². The molecule has 0 bridgehead atoms. The van der Waals surface area contributed by atoms with Gasteiger partial charge in [-0.15, -0.1) is 0 Å². The fraction of sp³-hybridized carbons (Fsp3) is 0.548. The van der Waals surface area contributed by atoms with Crippen LogP contribution in [0.2, 0.25) is 0 Å². The van der Waals surface area contributed by atoms with Crippen molar-refractivity contribution in [2.24, 2.45) is 0 Å². The zero-order chi connectivity index (χ0) is 67.1. The van der Waals surface area contributed by atoms with E-state index in [1.807, 2.05) is 71.4 Å². The molecule has 5 rings (SSSR count). The third-order valence-electron chi connectivity index (χ3n) is 15.8. The van der Waals surface area contributed by atoms with Crippen molar-refractivity contribution in [3.63, 3.8) is 0 Å². The summed E-state index contributed by atoms with van der Waals surface area (Å²) in [5.41, 5.74) is 3.13. The van der Waals surface area contributed by atoms with Gasteiger partial charge in [-0.05, 0) is 91.6 Å². The molecule has 0 saturated carbocycles. The Bertz CT molecular complexity index is 3010. The third-order valence-corrected chi connectivity index (χ3v) is 15.8. The molecule has 1 fully saturated rings. The van der Waals surface area contributed by atoms with E-state index in [-0.39, 0.29) is 128 Å². The van der Waals surface area contributed by atoms with E-state index in [9.17, 15) is 83.1 Å². The first-order valence-electron chi connectivity index (χ1n) is 30.9. The first-order valence-corrected chi connectivity index (χ1v) is 30.9. The van der Waals surface area contributed by atoms with Crippen LogP contribution in [-0.4, -0.2) is 274 Å². The molecular formula is C62H88N12O18. The molecule has 2 heterocycles. The van der Waals surface area contributed by atoms with Crippen molar-refractivity contribution in [1.82, 2.24) is 61.3 Å². The molecule has 12 N–H and O–H groups in total. The molecule has 7 amide bonds. The molecule has 3 atom stereocenters. The quantitative estimate of drug-likeness (QED) is 0.0330. The van der Waals surface area contributed by atoms with Gasteiger partial charge in [0.05, 0.1) is 26.2 Å². The largest absolute Gasteiger partial charge is 0.481 e. The van der Waals surface area contributed by atoms with Gasteiger partial charge in [0, 0.05) is 129 Å². The lowest BCUT2D eigenvalue weighted by molar-refractivity contribution is -0.141. The second-order valence-electron chi connectivity index (χ2n) is 23.1. The van der Waals surface area contributed by atoms with Gasteiger partial charge in [-0.1, -0.05) is 48.5 Å². The van der Waals surface area contributed by atoms with Gasteiger partial charge in [0.15, 0.2) is 0 Å². The average Bonchev–Trinajstić information content (AvgIpc) is 0.957. The molecular weight excluding hydrogens is 1200 g/mol. The molecule has 30 nitrogen and oxygen atoms in total. The zero-order valence-corrected chi connectivity index (χ0v) is 52.0. The van der Waals surface area contributed by atoms with E-state index in [4.69, 9.17) is 5.11 Å². The monoisotopic (exact) mass is 1290 g/mol. The first-order chi connectivity index (χ1) is 43.9. The lowest BCUT2D eigenvalue weighted by Gasteiger charge is -2.32. The van der Waals surface area contributed by atoms with Crippen molar-refractivity contribution < 1.29 is 88.2 Å². The number of rotatable bonds is 36. The minimum Gasteiger partial charge on any atom is -0.481 e. The third kappa shape index (κ3) is 27.7. The number of likely N-dealkylation sites (N-methyl/N-ethyl adjacent to an activating group) is 1. The summed E-state index contributed by atoms with van der Waals surface area (Å²) in [6.45, 7) is 3.88. The molecule has 3 aromatic rings. The van der Waals surface area contributed by atoms with E-state index in [0.29, 0.717) is 77.2 Å². The van der Waals surface area contributed by atoms with Crippen LogP contribution in [0.15, 0.2) is 60.7 Å². The van der Waals surface area contributed by atoms with Crippen LogP contribution in [0.3, 0.4) is 0 Å². The van der Waals surface area contributed by atoms with Crippen molar-refractivity contribution >= 4 is 82.2 Å².